The van der Waals surface area contributed by atoms with E-state index in [4.69, 9.17) is 20.3 Å². The number of aromatic nitrogens is 3. The number of anilines is 1. The maximum Gasteiger partial charge on any atom is 0.410 e. The number of fused-ring (bicyclic) bond motifs is 1. The van der Waals surface area contributed by atoms with Gasteiger partial charge in [-0.2, -0.15) is 10.1 Å². The molecule has 0 aliphatic heterocycles. The number of amides is 2. The second kappa shape index (κ2) is 10.2. The van der Waals surface area contributed by atoms with E-state index in [0.29, 0.717) is 17.5 Å². The highest BCUT2D eigenvalue weighted by Crippen LogP contribution is 2.30. The summed E-state index contributed by atoms with van der Waals surface area (Å²) in [4.78, 5) is 29.1. The predicted molar refractivity (Wildman–Crippen MR) is 121 cm³/mol. The molecule has 0 aliphatic carbocycles. The van der Waals surface area contributed by atoms with Crippen LogP contribution in [0.15, 0.2) is 36.8 Å². The average Bonchev–Trinajstić information content (AvgIpc) is 3.14. The molecule has 2 aromatic heterocycles. The van der Waals surface area contributed by atoms with Crippen molar-refractivity contribution in [1.29, 1.82) is 0 Å². The average molecular weight is 474 g/mol. The minimum atomic E-state index is -1.14. The lowest BCUT2D eigenvalue weighted by molar-refractivity contribution is 0.0233. The smallest absolute Gasteiger partial charge is 0.410 e. The van der Waals surface area contributed by atoms with Crippen molar-refractivity contribution in [2.24, 2.45) is 0 Å². The maximum atomic E-state index is 14.3. The monoisotopic (exact) mass is 474 g/mol. The lowest BCUT2D eigenvalue weighted by Gasteiger charge is -2.27. The Bertz CT molecular complexity index is 1180. The Morgan fingerprint density at radius 3 is 2.74 bits per heavy atom. The van der Waals surface area contributed by atoms with Gasteiger partial charge in [0.2, 0.25) is 5.88 Å². The van der Waals surface area contributed by atoms with E-state index in [2.05, 4.69) is 15.4 Å². The Hall–Kier alpha value is -4.09. The van der Waals surface area contributed by atoms with E-state index in [9.17, 15) is 14.0 Å². The summed E-state index contributed by atoms with van der Waals surface area (Å²) in [6, 6.07) is 5.78. The minimum Gasteiger partial charge on any atom is -0.465 e. The van der Waals surface area contributed by atoms with Crippen molar-refractivity contribution in [3.05, 3.63) is 48.2 Å². The molecule has 0 fully saturated rings. The summed E-state index contributed by atoms with van der Waals surface area (Å²) in [7, 11) is 0. The predicted octanol–water partition coefficient (Wildman–Crippen LogP) is 3.64. The first kappa shape index (κ1) is 24.6. The number of carboxylic acid groups (broad SMARTS) is 1. The molecule has 0 spiro atoms. The molecular formula is C22H27FN6O5. The van der Waals surface area contributed by atoms with Gasteiger partial charge in [0.25, 0.3) is 0 Å². The quantitative estimate of drug-likeness (QED) is 0.332. The number of nitrogens with one attached hydrogen (secondary N) is 1. The number of nitrogen functional groups attached to an aromatic ring is 1. The van der Waals surface area contributed by atoms with E-state index in [1.807, 2.05) is 0 Å². The highest BCUT2D eigenvalue weighted by Gasteiger charge is 2.24. The van der Waals surface area contributed by atoms with Crippen LogP contribution in [0.25, 0.3) is 5.52 Å². The number of ether oxygens (including phenoxy) is 2. The van der Waals surface area contributed by atoms with Crippen LogP contribution < -0.4 is 15.8 Å². The number of nitrogens with zero attached hydrogens (tertiary/aromatic N) is 4. The molecule has 12 heteroatoms. The summed E-state index contributed by atoms with van der Waals surface area (Å²) in [6.45, 7) is 5.76. The van der Waals surface area contributed by atoms with Gasteiger partial charge in [-0.05, 0) is 45.4 Å². The van der Waals surface area contributed by atoms with Gasteiger partial charge in [0, 0.05) is 36.6 Å². The number of benzene rings is 1. The van der Waals surface area contributed by atoms with Crippen LogP contribution in [0.2, 0.25) is 0 Å². The van der Waals surface area contributed by atoms with Crippen LogP contribution in [0.4, 0.5) is 19.7 Å². The molecule has 0 radical (unpaired) electrons. The molecular weight excluding hydrogens is 447 g/mol. The van der Waals surface area contributed by atoms with Gasteiger partial charge in [-0.25, -0.2) is 18.5 Å². The molecule has 1 aromatic carbocycles. The Balaban J connectivity index is 1.88. The summed E-state index contributed by atoms with van der Waals surface area (Å²) in [5.74, 6) is -0.618. The molecule has 2 amide bonds. The first-order valence-electron chi connectivity index (χ1n) is 10.5. The van der Waals surface area contributed by atoms with E-state index in [-0.39, 0.29) is 37.0 Å². The highest BCUT2D eigenvalue weighted by atomic mass is 19.1. The van der Waals surface area contributed by atoms with Crippen molar-refractivity contribution >= 4 is 23.4 Å². The fraction of sp³-hybridized carbons (Fsp3) is 0.364. The number of carbonyl (C=O) groups excluding carboxylic acids is 1. The third-order valence-electron chi connectivity index (χ3n) is 4.56. The van der Waals surface area contributed by atoms with Crippen molar-refractivity contribution in [1.82, 2.24) is 24.8 Å². The molecule has 0 bridgehead atoms. The van der Waals surface area contributed by atoms with Gasteiger partial charge in [0.15, 0.2) is 11.6 Å². The van der Waals surface area contributed by atoms with Crippen LogP contribution in [0.3, 0.4) is 0 Å². The summed E-state index contributed by atoms with van der Waals surface area (Å²) >= 11 is 0. The Morgan fingerprint density at radius 1 is 1.29 bits per heavy atom. The van der Waals surface area contributed by atoms with Crippen molar-refractivity contribution in [3.63, 3.8) is 0 Å². The standard InChI is InChI=1S/C22H27FN6O5/c1-22(2,3)34-21(32)28(9-4-8-25-20(30)31)12-14-7-10-29-18(14)19(26-13-27-29)33-17-6-5-15(24)11-16(17)23/h5-7,10-11,13,25H,4,8-9,12,24H2,1-3H3,(H,30,31). The molecule has 0 aliphatic rings. The fourth-order valence-corrected chi connectivity index (χ4v) is 3.13. The number of hydrogen-bond donors (Lipinski definition) is 3. The van der Waals surface area contributed by atoms with Gasteiger partial charge in [-0.1, -0.05) is 0 Å². The first-order chi connectivity index (χ1) is 16.0. The zero-order valence-corrected chi connectivity index (χ0v) is 19.1. The van der Waals surface area contributed by atoms with Crippen molar-refractivity contribution in [2.45, 2.75) is 39.3 Å². The Morgan fingerprint density at radius 2 is 2.06 bits per heavy atom. The molecule has 2 heterocycles. The van der Waals surface area contributed by atoms with Gasteiger partial charge < -0.3 is 30.5 Å². The normalized spacial score (nSPS) is 11.3. The third-order valence-corrected chi connectivity index (χ3v) is 4.56. The van der Waals surface area contributed by atoms with E-state index in [1.54, 1.807) is 33.0 Å². The lowest BCUT2D eigenvalue weighted by Crippen LogP contribution is -2.38. The SMILES string of the molecule is CC(C)(C)OC(=O)N(CCCNC(=O)O)Cc1ccn2ncnc(Oc3ccc(N)cc3F)c12. The lowest BCUT2D eigenvalue weighted by atomic mass is 10.2. The van der Waals surface area contributed by atoms with Crippen molar-refractivity contribution in [3.8, 4) is 11.6 Å². The molecule has 0 saturated heterocycles. The third kappa shape index (κ3) is 6.47. The van der Waals surface area contributed by atoms with Gasteiger partial charge in [-0.15, -0.1) is 0 Å². The summed E-state index contributed by atoms with van der Waals surface area (Å²) < 4.78 is 27.0. The van der Waals surface area contributed by atoms with Gasteiger partial charge in [-0.3, -0.25) is 0 Å². The topological polar surface area (TPSA) is 144 Å². The number of hydrogen-bond acceptors (Lipinski definition) is 7. The highest BCUT2D eigenvalue weighted by molar-refractivity contribution is 5.70. The number of halogens is 1. The molecule has 182 valence electrons. The maximum absolute atomic E-state index is 14.3. The Kier molecular flexibility index (Phi) is 7.39. The summed E-state index contributed by atoms with van der Waals surface area (Å²) in [5.41, 5.74) is 6.20. The van der Waals surface area contributed by atoms with Crippen LogP contribution in [0, 0.1) is 5.82 Å². The second-order valence-electron chi connectivity index (χ2n) is 8.48. The molecule has 0 atom stereocenters. The van der Waals surface area contributed by atoms with Gasteiger partial charge >= 0.3 is 12.2 Å². The van der Waals surface area contributed by atoms with Crippen LogP contribution in [0.5, 0.6) is 11.6 Å². The van der Waals surface area contributed by atoms with Crippen molar-refractivity contribution in [2.75, 3.05) is 18.8 Å². The zero-order valence-electron chi connectivity index (χ0n) is 19.1. The van der Waals surface area contributed by atoms with Crippen LogP contribution in [-0.2, 0) is 11.3 Å². The molecule has 4 N–H and O–H groups in total. The molecule has 0 unspecified atom stereocenters. The van der Waals surface area contributed by atoms with E-state index in [0.717, 1.165) is 6.07 Å². The first-order valence-corrected chi connectivity index (χ1v) is 10.5. The van der Waals surface area contributed by atoms with Gasteiger partial charge in [0.1, 0.15) is 17.4 Å². The molecule has 3 aromatic rings. The van der Waals surface area contributed by atoms with E-state index < -0.39 is 23.6 Å². The minimum absolute atomic E-state index is 0.0642. The molecule has 0 saturated carbocycles. The largest absolute Gasteiger partial charge is 0.465 e. The van der Waals surface area contributed by atoms with E-state index in [1.165, 1.54) is 27.9 Å². The van der Waals surface area contributed by atoms with E-state index >= 15 is 0 Å². The van der Waals surface area contributed by atoms with Crippen LogP contribution in [0.1, 0.15) is 32.8 Å². The number of rotatable bonds is 8. The number of nitrogens with two attached hydrogens (primary N) is 1. The Labute approximate surface area is 195 Å². The second-order valence-corrected chi connectivity index (χ2v) is 8.48. The molecule has 11 nitrogen and oxygen atoms in total. The summed E-state index contributed by atoms with van der Waals surface area (Å²) in [6.07, 6.45) is 1.60. The molecule has 3 rings (SSSR count). The van der Waals surface area contributed by atoms with Crippen LogP contribution in [-0.4, -0.2) is 55.5 Å². The number of carbonyl (C=O) groups is 2. The van der Waals surface area contributed by atoms with Crippen molar-refractivity contribution < 1.29 is 28.6 Å². The summed E-state index contributed by atoms with van der Waals surface area (Å²) in [5, 5.41) is 15.2. The zero-order chi connectivity index (χ0) is 24.9. The molecule has 34 heavy (non-hydrogen) atoms. The fourth-order valence-electron chi connectivity index (χ4n) is 3.13. The van der Waals surface area contributed by atoms with Crippen LogP contribution >= 0.6 is 0 Å². The van der Waals surface area contributed by atoms with Gasteiger partial charge in [0.05, 0.1) is 6.54 Å².